The van der Waals surface area contributed by atoms with Crippen LogP contribution in [-0.4, -0.2) is 85.6 Å². The van der Waals surface area contributed by atoms with Crippen molar-refractivity contribution in [2.75, 3.05) is 32.7 Å². The topological polar surface area (TPSA) is 83.8 Å². The molecule has 234 valence electrons. The Morgan fingerprint density at radius 3 is 2.57 bits per heavy atom. The molecule has 2 aromatic heterocycles. The Bertz CT molecular complexity index is 1520. The van der Waals surface area contributed by atoms with Gasteiger partial charge < -0.3 is 14.2 Å². The molecule has 4 heterocycles. The van der Waals surface area contributed by atoms with Crippen LogP contribution in [0.15, 0.2) is 48.9 Å². The van der Waals surface area contributed by atoms with Gasteiger partial charge in [-0.15, -0.1) is 0 Å². The first-order chi connectivity index (χ1) is 21.1. The summed E-state index contributed by atoms with van der Waals surface area (Å²) < 4.78 is 7.99. The Hall–Kier alpha value is -3.43. The van der Waals surface area contributed by atoms with Crippen LogP contribution < -0.4 is 0 Å². The molecule has 44 heavy (non-hydrogen) atoms. The minimum Gasteiger partial charge on any atom is -0.444 e. The fraction of sp³-hybridized carbons (Fsp3) is 0.529. The molecule has 3 aromatic rings. The Labute approximate surface area is 265 Å². The second kappa shape index (κ2) is 12.5. The summed E-state index contributed by atoms with van der Waals surface area (Å²) >= 11 is 6.93. The number of piperidine rings is 1. The standard InChI is InChI=1S/C34H43ClN6O3/c1-23-36-15-17-38(23)20-24-8-7-16-40(21-24)32(42)28-22-39(18-19-41(28)33(43)44-34(2,3)4)31-29-25(9-5-11-27(29)35)12-13-26-10-6-14-37-30(26)31/h5-6,9-11,14-15,17,24,28,31H,7-8,12-13,16,18-22H2,1-4H3/t24-,28+,31?/m0/s1. The Morgan fingerprint density at radius 2 is 1.80 bits per heavy atom. The van der Waals surface area contributed by atoms with Crippen LogP contribution in [0.5, 0.6) is 0 Å². The van der Waals surface area contributed by atoms with Gasteiger partial charge in [0.15, 0.2) is 0 Å². The number of halogens is 1. The molecular weight excluding hydrogens is 576 g/mol. The van der Waals surface area contributed by atoms with Gasteiger partial charge in [-0.05, 0) is 88.1 Å². The molecule has 3 atom stereocenters. The predicted octanol–water partition coefficient (Wildman–Crippen LogP) is 5.29. The molecule has 0 saturated carbocycles. The summed E-state index contributed by atoms with van der Waals surface area (Å²) in [4.78, 5) is 43.3. The van der Waals surface area contributed by atoms with Gasteiger partial charge in [-0.1, -0.05) is 29.8 Å². The molecule has 2 aliphatic heterocycles. The van der Waals surface area contributed by atoms with Crippen molar-refractivity contribution in [3.8, 4) is 0 Å². The third-order valence-corrected chi connectivity index (χ3v) is 9.49. The number of fused-ring (bicyclic) bond motifs is 2. The maximum absolute atomic E-state index is 14.5. The molecule has 1 aromatic carbocycles. The normalized spacial score (nSPS) is 22.6. The molecule has 0 N–H and O–H groups in total. The quantitative estimate of drug-likeness (QED) is 0.395. The highest BCUT2D eigenvalue weighted by Gasteiger charge is 2.44. The maximum Gasteiger partial charge on any atom is 0.411 e. The van der Waals surface area contributed by atoms with Crippen LogP contribution in [0.25, 0.3) is 0 Å². The van der Waals surface area contributed by atoms with Gasteiger partial charge in [-0.2, -0.15) is 0 Å². The fourth-order valence-electron chi connectivity index (χ4n) is 7.06. The summed E-state index contributed by atoms with van der Waals surface area (Å²) in [5.41, 5.74) is 3.75. The molecule has 0 spiro atoms. The summed E-state index contributed by atoms with van der Waals surface area (Å²) in [5, 5.41) is 0.706. The number of hydrogen-bond acceptors (Lipinski definition) is 6. The summed E-state index contributed by atoms with van der Waals surface area (Å²) in [6.07, 6.45) is 8.93. The highest BCUT2D eigenvalue weighted by atomic mass is 35.5. The van der Waals surface area contributed by atoms with E-state index in [4.69, 9.17) is 21.3 Å². The number of hydrogen-bond donors (Lipinski definition) is 0. The van der Waals surface area contributed by atoms with Crippen molar-refractivity contribution in [2.24, 2.45) is 5.92 Å². The molecule has 9 nitrogen and oxygen atoms in total. The lowest BCUT2D eigenvalue weighted by Crippen LogP contribution is -2.63. The molecule has 1 aliphatic carbocycles. The second-order valence-corrected chi connectivity index (χ2v) is 13.8. The molecule has 0 radical (unpaired) electrons. The Balaban J connectivity index is 1.32. The van der Waals surface area contributed by atoms with Crippen molar-refractivity contribution < 1.29 is 14.3 Å². The number of aromatic nitrogens is 3. The smallest absolute Gasteiger partial charge is 0.411 e. The van der Waals surface area contributed by atoms with Crippen molar-refractivity contribution >= 4 is 23.6 Å². The van der Waals surface area contributed by atoms with Gasteiger partial charge in [0.1, 0.15) is 17.5 Å². The van der Waals surface area contributed by atoms with E-state index in [0.717, 1.165) is 49.3 Å². The summed E-state index contributed by atoms with van der Waals surface area (Å²) in [6.45, 7) is 11.0. The molecule has 2 fully saturated rings. The average Bonchev–Trinajstić information content (AvgIpc) is 3.31. The summed E-state index contributed by atoms with van der Waals surface area (Å²) in [5.74, 6) is 1.27. The zero-order chi connectivity index (χ0) is 31.0. The molecule has 0 bridgehead atoms. The van der Waals surface area contributed by atoms with Crippen molar-refractivity contribution in [1.82, 2.24) is 29.2 Å². The van der Waals surface area contributed by atoms with Crippen LogP contribution in [0.4, 0.5) is 4.79 Å². The van der Waals surface area contributed by atoms with Crippen LogP contribution in [0.3, 0.4) is 0 Å². The number of likely N-dealkylation sites (tertiary alicyclic amines) is 1. The Kier molecular flexibility index (Phi) is 8.70. The number of nitrogens with zero attached hydrogens (tertiary/aromatic N) is 6. The van der Waals surface area contributed by atoms with E-state index < -0.39 is 17.7 Å². The fourth-order valence-corrected chi connectivity index (χ4v) is 7.36. The number of carbonyl (C=O) groups is 2. The number of rotatable bonds is 4. The lowest BCUT2D eigenvalue weighted by atomic mass is 9.94. The number of carbonyl (C=O) groups excluding carboxylic acids is 2. The lowest BCUT2D eigenvalue weighted by Gasteiger charge is -2.46. The zero-order valence-electron chi connectivity index (χ0n) is 26.2. The molecule has 3 aliphatic rings. The highest BCUT2D eigenvalue weighted by Crippen LogP contribution is 2.40. The van der Waals surface area contributed by atoms with Gasteiger partial charge in [-0.3, -0.25) is 19.6 Å². The van der Waals surface area contributed by atoms with Crippen LogP contribution >= 0.6 is 11.6 Å². The van der Waals surface area contributed by atoms with Crippen LogP contribution in [-0.2, 0) is 28.9 Å². The molecule has 10 heteroatoms. The number of benzene rings is 1. The predicted molar refractivity (Wildman–Crippen MR) is 170 cm³/mol. The second-order valence-electron chi connectivity index (χ2n) is 13.4. The lowest BCUT2D eigenvalue weighted by molar-refractivity contribution is -0.141. The van der Waals surface area contributed by atoms with Gasteiger partial charge in [0.2, 0.25) is 5.91 Å². The number of piperazine rings is 1. The Morgan fingerprint density at radius 1 is 1.00 bits per heavy atom. The van der Waals surface area contributed by atoms with Gasteiger partial charge in [0.05, 0.1) is 11.7 Å². The van der Waals surface area contributed by atoms with Crippen molar-refractivity contribution in [3.05, 3.63) is 82.2 Å². The molecule has 1 unspecified atom stereocenters. The molecule has 2 amide bonds. The minimum atomic E-state index is -0.686. The van der Waals surface area contributed by atoms with Crippen molar-refractivity contribution in [3.63, 3.8) is 0 Å². The third-order valence-electron chi connectivity index (χ3n) is 9.16. The average molecular weight is 619 g/mol. The van der Waals surface area contributed by atoms with E-state index in [1.165, 1.54) is 11.1 Å². The maximum atomic E-state index is 14.5. The molecule has 6 rings (SSSR count). The summed E-state index contributed by atoms with van der Waals surface area (Å²) in [7, 11) is 0. The third kappa shape index (κ3) is 6.35. The molecular formula is C34H43ClN6O3. The minimum absolute atomic E-state index is 0.0261. The van der Waals surface area contributed by atoms with Crippen molar-refractivity contribution in [1.29, 1.82) is 0 Å². The monoisotopic (exact) mass is 618 g/mol. The number of aryl methyl sites for hydroxylation is 3. The number of pyridine rings is 1. The van der Waals surface area contributed by atoms with Crippen LogP contribution in [0, 0.1) is 12.8 Å². The zero-order valence-corrected chi connectivity index (χ0v) is 27.0. The highest BCUT2D eigenvalue weighted by molar-refractivity contribution is 6.31. The van der Waals surface area contributed by atoms with E-state index in [2.05, 4.69) is 26.6 Å². The van der Waals surface area contributed by atoms with Gasteiger partial charge in [-0.25, -0.2) is 9.78 Å². The largest absolute Gasteiger partial charge is 0.444 e. The van der Waals surface area contributed by atoms with E-state index in [0.29, 0.717) is 43.7 Å². The summed E-state index contributed by atoms with van der Waals surface area (Å²) in [6, 6.07) is 9.32. The van der Waals surface area contributed by atoms with E-state index in [-0.39, 0.29) is 11.9 Å². The first kappa shape index (κ1) is 30.6. The SMILES string of the molecule is Cc1nccn1C[C@@H]1CCCN(C(=O)[C@H]2CN(C3c4ncccc4CCc4cccc(Cl)c43)CCN2C(=O)OC(C)(C)C)C1. The van der Waals surface area contributed by atoms with Crippen LogP contribution in [0.1, 0.15) is 67.9 Å². The molecule has 2 saturated heterocycles. The van der Waals surface area contributed by atoms with E-state index in [1.807, 2.05) is 69.4 Å². The van der Waals surface area contributed by atoms with Crippen LogP contribution in [0.2, 0.25) is 5.02 Å². The van der Waals surface area contributed by atoms with Gasteiger partial charge in [0, 0.05) is 62.9 Å². The van der Waals surface area contributed by atoms with Crippen molar-refractivity contribution in [2.45, 2.75) is 77.6 Å². The van der Waals surface area contributed by atoms with Gasteiger partial charge >= 0.3 is 6.09 Å². The van der Waals surface area contributed by atoms with E-state index >= 15 is 0 Å². The first-order valence-electron chi connectivity index (χ1n) is 15.8. The number of imidazole rings is 1. The number of amides is 2. The van der Waals surface area contributed by atoms with E-state index in [1.54, 1.807) is 4.90 Å². The van der Waals surface area contributed by atoms with E-state index in [9.17, 15) is 9.59 Å². The van der Waals surface area contributed by atoms with Gasteiger partial charge in [0.25, 0.3) is 0 Å². The number of ether oxygens (including phenoxy) is 1. The first-order valence-corrected chi connectivity index (χ1v) is 16.2.